The lowest BCUT2D eigenvalue weighted by molar-refractivity contribution is -0.151. The molecular weight excluding hydrogens is 228 g/mol. The maximum atomic E-state index is 10.0. The molecular formula is C15H30O3. The van der Waals surface area contributed by atoms with Crippen LogP contribution in [0.1, 0.15) is 72.1 Å². The van der Waals surface area contributed by atoms with E-state index in [1.165, 1.54) is 38.5 Å². The van der Waals surface area contributed by atoms with Crippen LogP contribution in [0.5, 0.6) is 0 Å². The van der Waals surface area contributed by atoms with Crippen LogP contribution in [0, 0.1) is 0 Å². The molecule has 0 aromatic carbocycles. The predicted octanol–water partition coefficient (Wildman–Crippen LogP) is 3.64. The Balaban J connectivity index is 1.99. The molecule has 0 saturated carbocycles. The minimum Gasteiger partial charge on any atom is -0.390 e. The van der Waals surface area contributed by atoms with Crippen LogP contribution in [0.3, 0.4) is 0 Å². The molecule has 1 rings (SSSR count). The molecule has 2 atom stereocenters. The van der Waals surface area contributed by atoms with Crippen molar-refractivity contribution >= 4 is 0 Å². The van der Waals surface area contributed by atoms with Crippen LogP contribution in [0.4, 0.5) is 0 Å². The average Bonchev–Trinajstić information content (AvgIpc) is 2.68. The number of aliphatic hydroxyl groups is 1. The topological polar surface area (TPSA) is 38.7 Å². The Morgan fingerprint density at radius 3 is 2.28 bits per heavy atom. The second kappa shape index (κ2) is 8.13. The second-order valence-corrected chi connectivity index (χ2v) is 5.84. The van der Waals surface area contributed by atoms with Crippen molar-refractivity contribution in [2.45, 2.75) is 90.1 Å². The summed E-state index contributed by atoms with van der Waals surface area (Å²) in [5, 5.41) is 10.0. The lowest BCUT2D eigenvalue weighted by atomic mass is 10.0. The van der Waals surface area contributed by atoms with Gasteiger partial charge in [-0.2, -0.15) is 0 Å². The summed E-state index contributed by atoms with van der Waals surface area (Å²) >= 11 is 0. The lowest BCUT2D eigenvalue weighted by Crippen LogP contribution is -2.30. The maximum Gasteiger partial charge on any atom is 0.163 e. The summed E-state index contributed by atoms with van der Waals surface area (Å²) in [6, 6.07) is 0. The van der Waals surface area contributed by atoms with Gasteiger partial charge in [0.25, 0.3) is 0 Å². The number of unbranched alkanes of at least 4 members (excludes halogenated alkanes) is 6. The molecule has 1 heterocycles. The van der Waals surface area contributed by atoms with E-state index >= 15 is 0 Å². The van der Waals surface area contributed by atoms with Gasteiger partial charge in [-0.15, -0.1) is 0 Å². The Labute approximate surface area is 112 Å². The van der Waals surface area contributed by atoms with Crippen LogP contribution in [-0.4, -0.2) is 29.7 Å². The van der Waals surface area contributed by atoms with E-state index in [-0.39, 0.29) is 12.2 Å². The van der Waals surface area contributed by atoms with Crippen molar-refractivity contribution in [3.8, 4) is 0 Å². The molecule has 0 unspecified atom stereocenters. The Kier molecular flexibility index (Phi) is 7.20. The first-order valence-corrected chi connectivity index (χ1v) is 7.55. The van der Waals surface area contributed by atoms with E-state index in [9.17, 15) is 5.11 Å². The summed E-state index contributed by atoms with van der Waals surface area (Å²) in [6.07, 6.45) is 9.26. The standard InChI is InChI=1S/C15H30O3/c1-4-5-6-7-8-9-10-11-13(16)14-12-17-15(2,3)18-14/h13-14,16H,4-12H2,1-3H3/t13-,14-/m1/s1. The lowest BCUT2D eigenvalue weighted by Gasteiger charge is -2.20. The third-order valence-electron chi connectivity index (χ3n) is 3.56. The smallest absolute Gasteiger partial charge is 0.163 e. The molecule has 18 heavy (non-hydrogen) atoms. The van der Waals surface area contributed by atoms with Gasteiger partial charge >= 0.3 is 0 Å². The second-order valence-electron chi connectivity index (χ2n) is 5.84. The van der Waals surface area contributed by atoms with E-state index in [2.05, 4.69) is 6.92 Å². The third-order valence-corrected chi connectivity index (χ3v) is 3.56. The minimum atomic E-state index is -0.522. The van der Waals surface area contributed by atoms with Crippen LogP contribution in [0.25, 0.3) is 0 Å². The number of aliphatic hydroxyl groups excluding tert-OH is 1. The fourth-order valence-electron chi connectivity index (χ4n) is 2.40. The number of hydrogen-bond donors (Lipinski definition) is 1. The molecule has 0 radical (unpaired) electrons. The van der Waals surface area contributed by atoms with Gasteiger partial charge in [0.05, 0.1) is 12.7 Å². The molecule has 3 nitrogen and oxygen atoms in total. The molecule has 1 aliphatic heterocycles. The summed E-state index contributed by atoms with van der Waals surface area (Å²) in [7, 11) is 0. The number of ether oxygens (including phenoxy) is 2. The summed E-state index contributed by atoms with van der Waals surface area (Å²) < 4.78 is 11.1. The highest BCUT2D eigenvalue weighted by Crippen LogP contribution is 2.25. The van der Waals surface area contributed by atoms with E-state index in [0.29, 0.717) is 6.61 Å². The normalized spacial score (nSPS) is 24.3. The first-order chi connectivity index (χ1) is 8.55. The molecule has 1 saturated heterocycles. The number of rotatable bonds is 9. The van der Waals surface area contributed by atoms with Gasteiger partial charge in [0.15, 0.2) is 5.79 Å². The fraction of sp³-hybridized carbons (Fsp3) is 1.00. The predicted molar refractivity (Wildman–Crippen MR) is 73.5 cm³/mol. The first-order valence-electron chi connectivity index (χ1n) is 7.55. The SMILES string of the molecule is CCCCCCCCC[C@@H](O)[C@H]1COC(C)(C)O1. The minimum absolute atomic E-state index is 0.139. The van der Waals surface area contributed by atoms with Gasteiger partial charge < -0.3 is 14.6 Å². The van der Waals surface area contributed by atoms with Gasteiger partial charge in [-0.1, -0.05) is 51.9 Å². The highest BCUT2D eigenvalue weighted by molar-refractivity contribution is 4.77. The van der Waals surface area contributed by atoms with Crippen LogP contribution in [0.2, 0.25) is 0 Å². The first kappa shape index (κ1) is 15.9. The molecule has 108 valence electrons. The zero-order chi connectivity index (χ0) is 13.4. The van der Waals surface area contributed by atoms with Gasteiger partial charge in [0.2, 0.25) is 0 Å². The van der Waals surface area contributed by atoms with Crippen molar-refractivity contribution in [1.82, 2.24) is 0 Å². The summed E-state index contributed by atoms with van der Waals surface area (Å²) in [5.41, 5.74) is 0. The molecule has 0 aromatic rings. The largest absolute Gasteiger partial charge is 0.390 e. The van der Waals surface area contributed by atoms with Crippen LogP contribution in [0.15, 0.2) is 0 Å². The monoisotopic (exact) mass is 258 g/mol. The van der Waals surface area contributed by atoms with Gasteiger partial charge in [-0.3, -0.25) is 0 Å². The molecule has 1 aliphatic rings. The summed E-state index contributed by atoms with van der Waals surface area (Å²) in [4.78, 5) is 0. The highest BCUT2D eigenvalue weighted by atomic mass is 16.7. The summed E-state index contributed by atoms with van der Waals surface area (Å²) in [6.45, 7) is 6.55. The van der Waals surface area contributed by atoms with Gasteiger partial charge in [0, 0.05) is 0 Å². The van der Waals surface area contributed by atoms with E-state index in [0.717, 1.165) is 12.8 Å². The highest BCUT2D eigenvalue weighted by Gasteiger charge is 2.36. The molecule has 0 amide bonds. The molecule has 0 bridgehead atoms. The zero-order valence-corrected chi connectivity index (χ0v) is 12.3. The summed E-state index contributed by atoms with van der Waals surface area (Å²) in [5.74, 6) is -0.522. The van der Waals surface area contributed by atoms with Crippen molar-refractivity contribution < 1.29 is 14.6 Å². The van der Waals surface area contributed by atoms with E-state index in [1.807, 2.05) is 13.8 Å². The fourth-order valence-corrected chi connectivity index (χ4v) is 2.40. The Morgan fingerprint density at radius 1 is 1.11 bits per heavy atom. The zero-order valence-electron chi connectivity index (χ0n) is 12.3. The van der Waals surface area contributed by atoms with Crippen molar-refractivity contribution in [3.63, 3.8) is 0 Å². The van der Waals surface area contributed by atoms with Crippen molar-refractivity contribution in [3.05, 3.63) is 0 Å². The Bertz CT molecular complexity index is 216. The Hall–Kier alpha value is -0.120. The van der Waals surface area contributed by atoms with Crippen LogP contribution in [-0.2, 0) is 9.47 Å². The molecule has 1 N–H and O–H groups in total. The quantitative estimate of drug-likeness (QED) is 0.642. The van der Waals surface area contributed by atoms with Crippen LogP contribution >= 0.6 is 0 Å². The molecule has 0 aliphatic carbocycles. The van der Waals surface area contributed by atoms with Crippen LogP contribution < -0.4 is 0 Å². The van der Waals surface area contributed by atoms with Gasteiger partial charge in [0.1, 0.15) is 6.10 Å². The molecule has 0 spiro atoms. The number of hydrogen-bond acceptors (Lipinski definition) is 3. The van der Waals surface area contributed by atoms with E-state index in [1.54, 1.807) is 0 Å². The third kappa shape index (κ3) is 6.17. The van der Waals surface area contributed by atoms with Gasteiger partial charge in [-0.05, 0) is 20.3 Å². The molecule has 3 heteroatoms. The van der Waals surface area contributed by atoms with E-state index < -0.39 is 5.79 Å². The Morgan fingerprint density at radius 2 is 1.72 bits per heavy atom. The van der Waals surface area contributed by atoms with E-state index in [4.69, 9.17) is 9.47 Å². The van der Waals surface area contributed by atoms with Crippen molar-refractivity contribution in [1.29, 1.82) is 0 Å². The average molecular weight is 258 g/mol. The van der Waals surface area contributed by atoms with Crippen molar-refractivity contribution in [2.75, 3.05) is 6.61 Å². The van der Waals surface area contributed by atoms with Gasteiger partial charge in [-0.25, -0.2) is 0 Å². The maximum absolute atomic E-state index is 10.0. The van der Waals surface area contributed by atoms with Crippen molar-refractivity contribution in [2.24, 2.45) is 0 Å². The molecule has 1 fully saturated rings. The molecule has 0 aromatic heterocycles.